The van der Waals surface area contributed by atoms with Crippen molar-refractivity contribution in [1.29, 1.82) is 0 Å². The van der Waals surface area contributed by atoms with Crippen molar-refractivity contribution in [3.8, 4) is 0 Å². The van der Waals surface area contributed by atoms with Gasteiger partial charge in [0.05, 0.1) is 0 Å². The third kappa shape index (κ3) is 3.09. The van der Waals surface area contributed by atoms with Crippen molar-refractivity contribution in [1.82, 2.24) is 4.98 Å². The fourth-order valence-electron chi connectivity index (χ4n) is 1.83. The van der Waals surface area contributed by atoms with Gasteiger partial charge in [0.2, 0.25) is 0 Å². The smallest absolute Gasteiger partial charge is 0.0448 e. The SMILES string of the molecule is CCc1ccc(Cc2ccc(CN)cc2Cl)nc1. The first-order valence-electron chi connectivity index (χ1n) is 6.14. The lowest BCUT2D eigenvalue weighted by Gasteiger charge is -2.06. The lowest BCUT2D eigenvalue weighted by atomic mass is 10.1. The summed E-state index contributed by atoms with van der Waals surface area (Å²) >= 11 is 6.23. The average molecular weight is 261 g/mol. The normalized spacial score (nSPS) is 10.6. The Kier molecular flexibility index (Phi) is 4.34. The van der Waals surface area contributed by atoms with Crippen LogP contribution >= 0.6 is 11.6 Å². The Labute approximate surface area is 113 Å². The van der Waals surface area contributed by atoms with Crippen LogP contribution in [0.4, 0.5) is 0 Å². The number of rotatable bonds is 4. The number of pyridine rings is 1. The Morgan fingerprint density at radius 1 is 1.17 bits per heavy atom. The van der Waals surface area contributed by atoms with Gasteiger partial charge in [-0.15, -0.1) is 0 Å². The number of halogens is 1. The molecule has 2 N–H and O–H groups in total. The number of aryl methyl sites for hydroxylation is 1. The Balaban J connectivity index is 2.17. The third-order valence-electron chi connectivity index (χ3n) is 3.02. The molecule has 0 bridgehead atoms. The van der Waals surface area contributed by atoms with Gasteiger partial charge in [0.15, 0.2) is 0 Å². The summed E-state index contributed by atoms with van der Waals surface area (Å²) in [6.07, 6.45) is 3.70. The predicted molar refractivity (Wildman–Crippen MR) is 75.8 cm³/mol. The number of hydrogen-bond acceptors (Lipinski definition) is 2. The van der Waals surface area contributed by atoms with Gasteiger partial charge in [-0.05, 0) is 35.2 Å². The first-order valence-corrected chi connectivity index (χ1v) is 6.52. The molecule has 1 aromatic carbocycles. The fourth-order valence-corrected chi connectivity index (χ4v) is 2.10. The second-order valence-electron chi connectivity index (χ2n) is 4.32. The Morgan fingerprint density at radius 3 is 2.50 bits per heavy atom. The first kappa shape index (κ1) is 13.1. The molecule has 0 spiro atoms. The average Bonchev–Trinajstić information content (AvgIpc) is 2.42. The second-order valence-corrected chi connectivity index (χ2v) is 4.73. The van der Waals surface area contributed by atoms with Gasteiger partial charge in [0.1, 0.15) is 0 Å². The number of hydrogen-bond donors (Lipinski definition) is 1. The zero-order valence-corrected chi connectivity index (χ0v) is 11.2. The summed E-state index contributed by atoms with van der Waals surface area (Å²) in [6.45, 7) is 2.64. The molecule has 2 rings (SSSR count). The van der Waals surface area contributed by atoms with Crippen LogP contribution in [0, 0.1) is 0 Å². The largest absolute Gasteiger partial charge is 0.326 e. The van der Waals surface area contributed by atoms with Gasteiger partial charge >= 0.3 is 0 Å². The predicted octanol–water partition coefficient (Wildman–Crippen LogP) is 3.35. The van der Waals surface area contributed by atoms with Gasteiger partial charge in [0, 0.05) is 29.9 Å². The van der Waals surface area contributed by atoms with Crippen LogP contribution in [0.15, 0.2) is 36.5 Å². The van der Waals surface area contributed by atoms with E-state index in [1.807, 2.05) is 24.4 Å². The molecule has 0 amide bonds. The molecule has 0 aliphatic heterocycles. The van der Waals surface area contributed by atoms with Crippen LogP contribution < -0.4 is 5.73 Å². The molecule has 0 fully saturated rings. The summed E-state index contributed by atoms with van der Waals surface area (Å²) in [4.78, 5) is 4.45. The van der Waals surface area contributed by atoms with Gasteiger partial charge in [-0.25, -0.2) is 0 Å². The molecule has 1 aromatic heterocycles. The molecule has 3 heteroatoms. The van der Waals surface area contributed by atoms with Crippen molar-refractivity contribution in [2.45, 2.75) is 26.3 Å². The maximum Gasteiger partial charge on any atom is 0.0448 e. The molecule has 94 valence electrons. The standard InChI is InChI=1S/C15H17ClN2/c1-2-11-4-6-14(18-10-11)8-13-5-3-12(9-17)7-15(13)16/h3-7,10H,2,8-9,17H2,1H3. The minimum Gasteiger partial charge on any atom is -0.326 e. The van der Waals surface area contributed by atoms with E-state index in [2.05, 4.69) is 24.0 Å². The molecule has 0 radical (unpaired) electrons. The fraction of sp³-hybridized carbons (Fsp3) is 0.267. The first-order chi connectivity index (χ1) is 8.72. The van der Waals surface area contributed by atoms with E-state index in [4.69, 9.17) is 17.3 Å². The zero-order chi connectivity index (χ0) is 13.0. The number of nitrogens with two attached hydrogens (primary N) is 1. The van der Waals surface area contributed by atoms with Crippen LogP contribution in [0.1, 0.15) is 29.3 Å². The molecule has 2 nitrogen and oxygen atoms in total. The van der Waals surface area contributed by atoms with E-state index in [-0.39, 0.29) is 0 Å². The van der Waals surface area contributed by atoms with Crippen LogP contribution in [0.3, 0.4) is 0 Å². The van der Waals surface area contributed by atoms with Crippen LogP contribution in [-0.4, -0.2) is 4.98 Å². The topological polar surface area (TPSA) is 38.9 Å². The summed E-state index contributed by atoms with van der Waals surface area (Å²) in [6, 6.07) is 10.1. The maximum atomic E-state index is 6.23. The van der Waals surface area contributed by atoms with Crippen molar-refractivity contribution in [2.75, 3.05) is 0 Å². The summed E-state index contributed by atoms with van der Waals surface area (Å²) < 4.78 is 0. The van der Waals surface area contributed by atoms with Crippen molar-refractivity contribution in [2.24, 2.45) is 5.73 Å². The second kappa shape index (κ2) is 5.98. The number of nitrogens with zero attached hydrogens (tertiary/aromatic N) is 1. The molecule has 18 heavy (non-hydrogen) atoms. The Morgan fingerprint density at radius 2 is 1.94 bits per heavy atom. The minimum absolute atomic E-state index is 0.517. The van der Waals surface area contributed by atoms with Crippen LogP contribution in [0.25, 0.3) is 0 Å². The lowest BCUT2D eigenvalue weighted by molar-refractivity contribution is 1.02. The van der Waals surface area contributed by atoms with Crippen molar-refractivity contribution < 1.29 is 0 Å². The van der Waals surface area contributed by atoms with Gasteiger partial charge in [0.25, 0.3) is 0 Å². The lowest BCUT2D eigenvalue weighted by Crippen LogP contribution is -1.98. The maximum absolute atomic E-state index is 6.23. The molecule has 0 unspecified atom stereocenters. The highest BCUT2D eigenvalue weighted by Gasteiger charge is 2.04. The van der Waals surface area contributed by atoms with E-state index in [9.17, 15) is 0 Å². The monoisotopic (exact) mass is 260 g/mol. The summed E-state index contributed by atoms with van der Waals surface area (Å²) in [7, 11) is 0. The highest BCUT2D eigenvalue weighted by atomic mass is 35.5. The van der Waals surface area contributed by atoms with Crippen molar-refractivity contribution in [3.05, 3.63) is 63.9 Å². The highest BCUT2D eigenvalue weighted by Crippen LogP contribution is 2.20. The summed E-state index contributed by atoms with van der Waals surface area (Å²) in [5, 5.41) is 0.763. The molecule has 0 aliphatic carbocycles. The highest BCUT2D eigenvalue weighted by molar-refractivity contribution is 6.31. The molecule has 0 saturated heterocycles. The van der Waals surface area contributed by atoms with E-state index in [1.165, 1.54) is 5.56 Å². The van der Waals surface area contributed by atoms with Gasteiger partial charge in [-0.3, -0.25) is 4.98 Å². The quantitative estimate of drug-likeness (QED) is 0.916. The van der Waals surface area contributed by atoms with Gasteiger partial charge in [-0.2, -0.15) is 0 Å². The summed E-state index contributed by atoms with van der Waals surface area (Å²) in [5.74, 6) is 0. The Bertz CT molecular complexity index is 521. The van der Waals surface area contributed by atoms with Crippen LogP contribution in [0.5, 0.6) is 0 Å². The molecule has 2 aromatic rings. The van der Waals surface area contributed by atoms with Crippen LogP contribution in [-0.2, 0) is 19.4 Å². The van der Waals surface area contributed by atoms with E-state index in [0.29, 0.717) is 6.54 Å². The Hall–Kier alpha value is -1.38. The van der Waals surface area contributed by atoms with Crippen LogP contribution in [0.2, 0.25) is 5.02 Å². The van der Waals surface area contributed by atoms with E-state index in [1.54, 1.807) is 0 Å². The van der Waals surface area contributed by atoms with E-state index in [0.717, 1.165) is 34.7 Å². The van der Waals surface area contributed by atoms with Gasteiger partial charge in [-0.1, -0.05) is 36.7 Å². The zero-order valence-electron chi connectivity index (χ0n) is 10.5. The molecule has 0 atom stereocenters. The van der Waals surface area contributed by atoms with Gasteiger partial charge < -0.3 is 5.73 Å². The minimum atomic E-state index is 0.517. The molecular formula is C15H17ClN2. The van der Waals surface area contributed by atoms with Crippen molar-refractivity contribution >= 4 is 11.6 Å². The van der Waals surface area contributed by atoms with Crippen molar-refractivity contribution in [3.63, 3.8) is 0 Å². The molecule has 0 saturated carbocycles. The third-order valence-corrected chi connectivity index (χ3v) is 3.37. The summed E-state index contributed by atoms with van der Waals surface area (Å²) in [5.41, 5.74) is 10.0. The van der Waals surface area contributed by atoms with E-state index >= 15 is 0 Å². The van der Waals surface area contributed by atoms with E-state index < -0.39 is 0 Å². The molecule has 0 aliphatic rings. The number of benzene rings is 1. The molecular weight excluding hydrogens is 244 g/mol. The molecule has 1 heterocycles. The number of aromatic nitrogens is 1.